The maximum atomic E-state index is 12.6. The number of likely N-dealkylation sites (N-methyl/N-ethyl adjacent to an activating group) is 1. The second kappa shape index (κ2) is 8.85. The summed E-state index contributed by atoms with van der Waals surface area (Å²) in [5.41, 5.74) is 1.46. The summed E-state index contributed by atoms with van der Waals surface area (Å²) < 4.78 is 0. The molecule has 2 aromatic carbocycles. The van der Waals surface area contributed by atoms with Crippen molar-refractivity contribution in [2.75, 3.05) is 45.1 Å². The SMILES string of the molecule is CN1CCN(CC(=O)c2cccc(NC(=O)c3ccc(Cl)cc3Cl)c2)CC1. The Bertz CT molecular complexity index is 849. The van der Waals surface area contributed by atoms with Crippen molar-refractivity contribution in [1.82, 2.24) is 9.80 Å². The number of piperazine rings is 1. The first-order valence-corrected chi connectivity index (χ1v) is 9.48. The normalized spacial score (nSPS) is 15.5. The number of Topliss-reactive ketones (excluding diaryl/α,β-unsaturated/α-hetero) is 1. The molecule has 2 aromatic rings. The van der Waals surface area contributed by atoms with Crippen molar-refractivity contribution in [3.63, 3.8) is 0 Å². The molecule has 1 fully saturated rings. The quantitative estimate of drug-likeness (QED) is 0.770. The van der Waals surface area contributed by atoms with Crippen molar-refractivity contribution in [2.45, 2.75) is 0 Å². The minimum absolute atomic E-state index is 0.0418. The summed E-state index contributed by atoms with van der Waals surface area (Å²) in [6.45, 7) is 4.08. The Morgan fingerprint density at radius 3 is 2.48 bits per heavy atom. The second-order valence-electron chi connectivity index (χ2n) is 6.66. The fourth-order valence-electron chi connectivity index (χ4n) is 2.94. The minimum atomic E-state index is -0.347. The molecule has 5 nitrogen and oxygen atoms in total. The predicted octanol–water partition coefficient (Wildman–Crippen LogP) is 3.68. The number of halogens is 2. The monoisotopic (exact) mass is 405 g/mol. The van der Waals surface area contributed by atoms with Gasteiger partial charge in [0, 0.05) is 42.5 Å². The van der Waals surface area contributed by atoms with Gasteiger partial charge in [0.25, 0.3) is 5.91 Å². The molecule has 142 valence electrons. The van der Waals surface area contributed by atoms with Crippen LogP contribution in [0.3, 0.4) is 0 Å². The number of carbonyl (C=O) groups is 2. The third-order valence-electron chi connectivity index (χ3n) is 4.58. The Balaban J connectivity index is 1.66. The molecule has 0 aromatic heterocycles. The van der Waals surface area contributed by atoms with Crippen molar-refractivity contribution in [1.29, 1.82) is 0 Å². The van der Waals surface area contributed by atoms with Crippen LogP contribution in [0, 0.1) is 0 Å². The molecule has 1 heterocycles. The first-order chi connectivity index (χ1) is 12.9. The van der Waals surface area contributed by atoms with Gasteiger partial charge in [-0.3, -0.25) is 14.5 Å². The highest BCUT2D eigenvalue weighted by molar-refractivity contribution is 6.37. The average molecular weight is 406 g/mol. The first kappa shape index (κ1) is 19.8. The predicted molar refractivity (Wildman–Crippen MR) is 109 cm³/mol. The smallest absolute Gasteiger partial charge is 0.257 e. The molecule has 0 spiro atoms. The van der Waals surface area contributed by atoms with E-state index in [-0.39, 0.29) is 16.7 Å². The van der Waals surface area contributed by atoms with Crippen LogP contribution < -0.4 is 5.32 Å². The van der Waals surface area contributed by atoms with E-state index in [0.29, 0.717) is 28.4 Å². The number of benzene rings is 2. The van der Waals surface area contributed by atoms with Gasteiger partial charge in [0.05, 0.1) is 17.1 Å². The number of hydrogen-bond donors (Lipinski definition) is 1. The molecular weight excluding hydrogens is 385 g/mol. The Hall–Kier alpha value is -1.92. The molecular formula is C20H21Cl2N3O2. The molecule has 0 bridgehead atoms. The Labute approximate surface area is 168 Å². The first-order valence-electron chi connectivity index (χ1n) is 8.73. The number of hydrogen-bond acceptors (Lipinski definition) is 4. The highest BCUT2D eigenvalue weighted by atomic mass is 35.5. The third kappa shape index (κ3) is 5.30. The summed E-state index contributed by atoms with van der Waals surface area (Å²) in [5.74, 6) is -0.305. The van der Waals surface area contributed by atoms with Crippen LogP contribution in [0.4, 0.5) is 5.69 Å². The van der Waals surface area contributed by atoms with Gasteiger partial charge in [-0.25, -0.2) is 0 Å². The van der Waals surface area contributed by atoms with Crippen LogP contribution in [-0.2, 0) is 0 Å². The van der Waals surface area contributed by atoms with Gasteiger partial charge in [0.15, 0.2) is 5.78 Å². The van der Waals surface area contributed by atoms with Crippen LogP contribution in [0.5, 0.6) is 0 Å². The van der Waals surface area contributed by atoms with Crippen LogP contribution >= 0.6 is 23.2 Å². The Kier molecular flexibility index (Phi) is 6.50. The number of carbonyl (C=O) groups excluding carboxylic acids is 2. The molecule has 0 saturated carbocycles. The second-order valence-corrected chi connectivity index (χ2v) is 7.51. The molecule has 0 aliphatic carbocycles. The Morgan fingerprint density at radius 2 is 1.78 bits per heavy atom. The summed E-state index contributed by atoms with van der Waals surface area (Å²) in [6, 6.07) is 11.7. The largest absolute Gasteiger partial charge is 0.322 e. The standard InChI is InChI=1S/C20H21Cl2N3O2/c1-24-7-9-25(10-8-24)13-19(26)14-3-2-4-16(11-14)23-20(27)17-6-5-15(21)12-18(17)22/h2-6,11-12H,7-10,13H2,1H3,(H,23,27). The lowest BCUT2D eigenvalue weighted by atomic mass is 10.1. The van der Waals surface area contributed by atoms with Crippen molar-refractivity contribution in [2.24, 2.45) is 0 Å². The summed E-state index contributed by atoms with van der Waals surface area (Å²) in [7, 11) is 2.08. The van der Waals surface area contributed by atoms with E-state index < -0.39 is 0 Å². The number of ketones is 1. The maximum Gasteiger partial charge on any atom is 0.257 e. The summed E-state index contributed by atoms with van der Waals surface area (Å²) >= 11 is 11.9. The Morgan fingerprint density at radius 1 is 1.04 bits per heavy atom. The van der Waals surface area contributed by atoms with E-state index in [4.69, 9.17) is 23.2 Å². The lowest BCUT2D eigenvalue weighted by Gasteiger charge is -2.31. The molecule has 0 radical (unpaired) electrons. The zero-order valence-corrected chi connectivity index (χ0v) is 16.6. The molecule has 0 atom stereocenters. The van der Waals surface area contributed by atoms with Gasteiger partial charge in [-0.15, -0.1) is 0 Å². The van der Waals surface area contributed by atoms with E-state index in [2.05, 4.69) is 22.2 Å². The molecule has 7 heteroatoms. The van der Waals surface area contributed by atoms with Crippen LogP contribution in [-0.4, -0.2) is 61.3 Å². The molecule has 1 saturated heterocycles. The number of nitrogens with zero attached hydrogens (tertiary/aromatic N) is 2. The van der Waals surface area contributed by atoms with Gasteiger partial charge in [0.1, 0.15) is 0 Å². The zero-order chi connectivity index (χ0) is 19.4. The summed E-state index contributed by atoms with van der Waals surface area (Å²) in [5, 5.41) is 3.53. The highest BCUT2D eigenvalue weighted by Gasteiger charge is 2.18. The van der Waals surface area contributed by atoms with Gasteiger partial charge in [-0.1, -0.05) is 35.3 Å². The van der Waals surface area contributed by atoms with E-state index in [0.717, 1.165) is 26.2 Å². The van der Waals surface area contributed by atoms with Crippen molar-refractivity contribution < 1.29 is 9.59 Å². The van der Waals surface area contributed by atoms with E-state index in [9.17, 15) is 9.59 Å². The molecule has 1 aliphatic heterocycles. The van der Waals surface area contributed by atoms with Gasteiger partial charge in [0.2, 0.25) is 0 Å². The number of amides is 1. The van der Waals surface area contributed by atoms with Gasteiger partial charge in [-0.05, 0) is 37.4 Å². The van der Waals surface area contributed by atoms with Gasteiger partial charge >= 0.3 is 0 Å². The van der Waals surface area contributed by atoms with Crippen molar-refractivity contribution in [3.05, 3.63) is 63.6 Å². The molecule has 1 N–H and O–H groups in total. The van der Waals surface area contributed by atoms with E-state index in [1.807, 2.05) is 0 Å². The van der Waals surface area contributed by atoms with Crippen molar-refractivity contribution in [3.8, 4) is 0 Å². The third-order valence-corrected chi connectivity index (χ3v) is 5.13. The number of nitrogens with one attached hydrogen (secondary N) is 1. The average Bonchev–Trinajstić information content (AvgIpc) is 2.63. The lowest BCUT2D eigenvalue weighted by Crippen LogP contribution is -2.46. The van der Waals surface area contributed by atoms with Crippen LogP contribution in [0.2, 0.25) is 10.0 Å². The van der Waals surface area contributed by atoms with Gasteiger partial charge in [-0.2, -0.15) is 0 Å². The fourth-order valence-corrected chi connectivity index (χ4v) is 3.44. The van der Waals surface area contributed by atoms with Crippen LogP contribution in [0.1, 0.15) is 20.7 Å². The number of rotatable bonds is 5. The lowest BCUT2D eigenvalue weighted by molar-refractivity contribution is 0.0876. The molecule has 1 aliphatic rings. The van der Waals surface area contributed by atoms with E-state index >= 15 is 0 Å². The summed E-state index contributed by atoms with van der Waals surface area (Å²) in [4.78, 5) is 29.4. The van der Waals surface area contributed by atoms with Gasteiger partial charge < -0.3 is 10.2 Å². The summed E-state index contributed by atoms with van der Waals surface area (Å²) in [6.07, 6.45) is 0. The molecule has 3 rings (SSSR count). The molecule has 0 unspecified atom stereocenters. The molecule has 1 amide bonds. The molecule has 27 heavy (non-hydrogen) atoms. The minimum Gasteiger partial charge on any atom is -0.322 e. The van der Waals surface area contributed by atoms with Crippen LogP contribution in [0.15, 0.2) is 42.5 Å². The fraction of sp³-hybridized carbons (Fsp3) is 0.300. The van der Waals surface area contributed by atoms with E-state index in [1.165, 1.54) is 6.07 Å². The van der Waals surface area contributed by atoms with E-state index in [1.54, 1.807) is 36.4 Å². The number of anilines is 1. The zero-order valence-electron chi connectivity index (χ0n) is 15.0. The highest BCUT2D eigenvalue weighted by Crippen LogP contribution is 2.22. The van der Waals surface area contributed by atoms with Crippen LogP contribution in [0.25, 0.3) is 0 Å². The van der Waals surface area contributed by atoms with Crippen molar-refractivity contribution >= 4 is 40.6 Å². The maximum absolute atomic E-state index is 12.6. The topological polar surface area (TPSA) is 52.6 Å².